The monoisotopic (exact) mass is 615 g/mol. The van der Waals surface area contributed by atoms with Gasteiger partial charge in [-0.3, -0.25) is 4.79 Å². The second-order valence-electron chi connectivity index (χ2n) is 11.7. The molecule has 3 aromatic rings. The number of hydrogen-bond donors (Lipinski definition) is 0. The van der Waals surface area contributed by atoms with Crippen molar-refractivity contribution in [1.82, 2.24) is 24.2 Å². The van der Waals surface area contributed by atoms with Crippen molar-refractivity contribution < 1.29 is 13.2 Å². The van der Waals surface area contributed by atoms with Crippen molar-refractivity contribution in [3.05, 3.63) is 63.8 Å². The molecule has 0 N–H and O–H groups in total. The van der Waals surface area contributed by atoms with E-state index in [9.17, 15) is 13.2 Å². The molecule has 1 aliphatic carbocycles. The molecular formula is C30H35Cl2N5O3S. The molecule has 1 amide bonds. The fourth-order valence-electron chi connectivity index (χ4n) is 6.50. The zero-order valence-corrected chi connectivity index (χ0v) is 25.7. The Morgan fingerprint density at radius 1 is 0.951 bits per heavy atom. The maximum Gasteiger partial charge on any atom is 0.243 e. The van der Waals surface area contributed by atoms with Gasteiger partial charge in [-0.25, -0.2) is 13.1 Å². The Morgan fingerprint density at radius 3 is 2.32 bits per heavy atom. The van der Waals surface area contributed by atoms with E-state index in [1.807, 2.05) is 31.0 Å². The van der Waals surface area contributed by atoms with Gasteiger partial charge in [-0.15, -0.1) is 5.10 Å². The number of amides is 1. The smallest absolute Gasteiger partial charge is 0.243 e. The van der Waals surface area contributed by atoms with E-state index in [2.05, 4.69) is 10.3 Å². The molecule has 0 spiro atoms. The van der Waals surface area contributed by atoms with E-state index >= 15 is 0 Å². The minimum Gasteiger partial charge on any atom is -0.337 e. The van der Waals surface area contributed by atoms with Gasteiger partial charge < -0.3 is 4.90 Å². The number of benzene rings is 2. The van der Waals surface area contributed by atoms with Gasteiger partial charge in [0.05, 0.1) is 33.7 Å². The third kappa shape index (κ3) is 5.66. The van der Waals surface area contributed by atoms with E-state index in [-0.39, 0.29) is 17.9 Å². The molecule has 2 saturated heterocycles. The van der Waals surface area contributed by atoms with Gasteiger partial charge in [-0.2, -0.15) is 4.31 Å². The summed E-state index contributed by atoms with van der Waals surface area (Å²) in [6.45, 7) is 5.87. The first kappa shape index (κ1) is 28.6. The largest absolute Gasteiger partial charge is 0.337 e. The Kier molecular flexibility index (Phi) is 7.91. The second-order valence-corrected chi connectivity index (χ2v) is 14.5. The molecule has 41 heavy (non-hydrogen) atoms. The van der Waals surface area contributed by atoms with Crippen LogP contribution < -0.4 is 0 Å². The van der Waals surface area contributed by atoms with Gasteiger partial charge in [0.25, 0.3) is 0 Å². The summed E-state index contributed by atoms with van der Waals surface area (Å²) in [5, 5.41) is 9.75. The Bertz CT molecular complexity index is 1540. The highest BCUT2D eigenvalue weighted by molar-refractivity contribution is 7.89. The SMILES string of the molecule is Cc1ccc(S(=O)(=O)N2CCC(C(=O)N3CCC(C4CC4)C3Cn3cc(-c4c(Cl)cccc4Cl)nn3)CC2)cc1C. The summed E-state index contributed by atoms with van der Waals surface area (Å²) in [6, 6.07) is 10.7. The summed E-state index contributed by atoms with van der Waals surface area (Å²) in [5.74, 6) is 1.02. The van der Waals surface area contributed by atoms with Gasteiger partial charge in [0.1, 0.15) is 5.69 Å². The van der Waals surface area contributed by atoms with E-state index in [4.69, 9.17) is 23.2 Å². The molecule has 0 bridgehead atoms. The predicted molar refractivity (Wildman–Crippen MR) is 159 cm³/mol. The molecule has 6 rings (SSSR count). The number of piperidine rings is 1. The van der Waals surface area contributed by atoms with Crippen LogP contribution in [0.15, 0.2) is 47.5 Å². The van der Waals surface area contributed by atoms with Crippen LogP contribution in [-0.2, 0) is 21.4 Å². The van der Waals surface area contributed by atoms with Gasteiger partial charge in [-0.05, 0) is 93.2 Å². The number of nitrogens with zero attached hydrogens (tertiary/aromatic N) is 5. The van der Waals surface area contributed by atoms with Crippen LogP contribution in [0.4, 0.5) is 0 Å². The topological polar surface area (TPSA) is 88.4 Å². The molecule has 3 heterocycles. The van der Waals surface area contributed by atoms with Crippen LogP contribution in [0.2, 0.25) is 10.0 Å². The second kappa shape index (κ2) is 11.3. The van der Waals surface area contributed by atoms with Gasteiger partial charge in [0.2, 0.25) is 15.9 Å². The molecule has 3 aliphatic rings. The summed E-state index contributed by atoms with van der Waals surface area (Å²) in [6.07, 6.45) is 6.30. The fourth-order valence-corrected chi connectivity index (χ4v) is 8.64. The van der Waals surface area contributed by atoms with Gasteiger partial charge in [0, 0.05) is 31.1 Å². The molecule has 1 saturated carbocycles. The summed E-state index contributed by atoms with van der Waals surface area (Å²) in [7, 11) is -3.59. The average Bonchev–Trinajstić information content (AvgIpc) is 3.56. The van der Waals surface area contributed by atoms with E-state index < -0.39 is 10.0 Å². The number of aryl methyl sites for hydroxylation is 2. The summed E-state index contributed by atoms with van der Waals surface area (Å²) in [4.78, 5) is 16.3. The average molecular weight is 617 g/mol. The van der Waals surface area contributed by atoms with Crippen molar-refractivity contribution in [2.75, 3.05) is 19.6 Å². The van der Waals surface area contributed by atoms with Crippen LogP contribution >= 0.6 is 23.2 Å². The lowest BCUT2D eigenvalue weighted by Crippen LogP contribution is -2.47. The molecule has 2 aliphatic heterocycles. The normalized spacial score (nSPS) is 22.4. The molecule has 3 fully saturated rings. The maximum absolute atomic E-state index is 13.9. The summed E-state index contributed by atoms with van der Waals surface area (Å²) >= 11 is 12.8. The Morgan fingerprint density at radius 2 is 1.66 bits per heavy atom. The van der Waals surface area contributed by atoms with Gasteiger partial charge in [-0.1, -0.05) is 40.5 Å². The number of carbonyl (C=O) groups excluding carboxylic acids is 1. The zero-order valence-electron chi connectivity index (χ0n) is 23.3. The molecule has 1 aromatic heterocycles. The number of hydrogen-bond acceptors (Lipinski definition) is 5. The van der Waals surface area contributed by atoms with Crippen molar-refractivity contribution in [2.45, 2.75) is 63.4 Å². The number of rotatable bonds is 7. The number of sulfonamides is 1. The van der Waals surface area contributed by atoms with Crippen LogP contribution in [0.1, 0.15) is 43.2 Å². The lowest BCUT2D eigenvalue weighted by Gasteiger charge is -2.35. The summed E-state index contributed by atoms with van der Waals surface area (Å²) in [5.41, 5.74) is 3.28. The number of likely N-dealkylation sites (tertiary alicyclic amines) is 1. The molecular weight excluding hydrogens is 581 g/mol. The lowest BCUT2D eigenvalue weighted by molar-refractivity contribution is -0.138. The minimum atomic E-state index is -3.59. The maximum atomic E-state index is 13.9. The lowest BCUT2D eigenvalue weighted by atomic mass is 9.93. The third-order valence-corrected chi connectivity index (χ3v) is 11.7. The molecule has 0 radical (unpaired) electrons. The van der Waals surface area contributed by atoms with Crippen molar-refractivity contribution in [3.8, 4) is 11.3 Å². The Balaban J connectivity index is 1.15. The first-order valence-electron chi connectivity index (χ1n) is 14.4. The highest BCUT2D eigenvalue weighted by Crippen LogP contribution is 2.45. The van der Waals surface area contributed by atoms with E-state index in [0.29, 0.717) is 70.5 Å². The van der Waals surface area contributed by atoms with Crippen molar-refractivity contribution in [3.63, 3.8) is 0 Å². The highest BCUT2D eigenvalue weighted by Gasteiger charge is 2.46. The molecule has 2 unspecified atom stereocenters. The van der Waals surface area contributed by atoms with Crippen LogP contribution in [0, 0.1) is 31.6 Å². The Labute approximate surface area is 251 Å². The molecule has 8 nitrogen and oxygen atoms in total. The number of carbonyl (C=O) groups is 1. The van der Waals surface area contributed by atoms with E-state index in [1.165, 1.54) is 17.1 Å². The highest BCUT2D eigenvalue weighted by atomic mass is 35.5. The first-order chi connectivity index (χ1) is 19.6. The first-order valence-corrected chi connectivity index (χ1v) is 16.6. The number of aromatic nitrogens is 3. The van der Waals surface area contributed by atoms with Gasteiger partial charge >= 0.3 is 0 Å². The van der Waals surface area contributed by atoms with Crippen molar-refractivity contribution >= 4 is 39.1 Å². The van der Waals surface area contributed by atoms with Crippen molar-refractivity contribution in [1.29, 1.82) is 0 Å². The van der Waals surface area contributed by atoms with Crippen LogP contribution in [-0.4, -0.2) is 64.2 Å². The van der Waals surface area contributed by atoms with E-state index in [1.54, 1.807) is 35.0 Å². The van der Waals surface area contributed by atoms with Crippen molar-refractivity contribution in [2.24, 2.45) is 17.8 Å². The summed E-state index contributed by atoms with van der Waals surface area (Å²) < 4.78 is 30.0. The molecule has 11 heteroatoms. The van der Waals surface area contributed by atoms with Gasteiger partial charge in [0.15, 0.2) is 0 Å². The standard InChI is InChI=1S/C30H35Cl2N5O3S/c1-19-6-9-23(16-20(19)2)41(39,40)36-13-10-22(11-14-36)30(38)37-15-12-24(21-7-8-21)28(37)18-35-17-27(33-34-35)29-25(31)4-3-5-26(29)32/h3-6,9,16-17,21-22,24,28H,7-8,10-15,18H2,1-2H3. The van der Waals surface area contributed by atoms with Crippen LogP contribution in [0.5, 0.6) is 0 Å². The predicted octanol–water partition coefficient (Wildman–Crippen LogP) is 5.60. The number of halogens is 2. The van der Waals surface area contributed by atoms with Crippen LogP contribution in [0.3, 0.4) is 0 Å². The minimum absolute atomic E-state index is 0.0311. The quantitative estimate of drug-likeness (QED) is 0.345. The molecule has 2 atom stereocenters. The molecule has 2 aromatic carbocycles. The van der Waals surface area contributed by atoms with E-state index in [0.717, 1.165) is 24.1 Å². The fraction of sp³-hybridized carbons (Fsp3) is 0.500. The third-order valence-electron chi connectivity index (χ3n) is 9.16. The van der Waals surface area contributed by atoms with Crippen LogP contribution in [0.25, 0.3) is 11.3 Å². The Hall–Kier alpha value is -2.46. The zero-order chi connectivity index (χ0) is 28.9. The molecule has 218 valence electrons.